The number of hydrogen-bond donors (Lipinski definition) is 3. The number of carbonyl (C=O) groups is 4. The van der Waals surface area contributed by atoms with Crippen LogP contribution in [-0.2, 0) is 16.1 Å². The average Bonchev–Trinajstić information content (AvgIpc) is 3.26. The molecule has 1 saturated carbocycles. The summed E-state index contributed by atoms with van der Waals surface area (Å²) in [4.78, 5) is 50.9. The number of fused-ring (bicyclic) bond motifs is 2. The molecule has 8 nitrogen and oxygen atoms in total. The van der Waals surface area contributed by atoms with Crippen LogP contribution < -0.4 is 16.0 Å². The molecule has 4 unspecified atom stereocenters. The predicted molar refractivity (Wildman–Crippen MR) is 107 cm³/mol. The predicted octanol–water partition coefficient (Wildman–Crippen LogP) is 0.708. The number of benzene rings is 1. The lowest BCUT2D eigenvalue weighted by atomic mass is 9.83. The summed E-state index contributed by atoms with van der Waals surface area (Å²) < 4.78 is 0. The average molecular weight is 410 g/mol. The molecular weight excluding hydrogens is 384 g/mol. The number of hydrogen-bond acceptors (Lipinski definition) is 6. The fraction of sp³-hybridized carbons (Fsp3) is 0.545. The Kier molecular flexibility index (Phi) is 4.91. The monoisotopic (exact) mass is 410 g/mol. The van der Waals surface area contributed by atoms with Crippen molar-refractivity contribution >= 4 is 23.6 Å². The summed E-state index contributed by atoms with van der Waals surface area (Å²) in [5.74, 6) is -1.25. The summed E-state index contributed by atoms with van der Waals surface area (Å²) in [7, 11) is 0. The van der Waals surface area contributed by atoms with Gasteiger partial charge in [-0.2, -0.15) is 0 Å². The van der Waals surface area contributed by atoms with Gasteiger partial charge in [0.2, 0.25) is 11.8 Å². The standard InChI is InChI=1S/C22H26N4O4/c27-18-9-8-17(20(28)25-18)26-21(29)14-6-3-4-12(19(14)22(26)30)10-23-16-11-24-15-7-2-1-5-13(15)16/h3-4,6,13,15-17,23-24H,1-2,5,7-11H2,(H,25,27,28). The lowest BCUT2D eigenvalue weighted by Crippen LogP contribution is -2.54. The van der Waals surface area contributed by atoms with Gasteiger partial charge >= 0.3 is 0 Å². The second-order valence-corrected chi connectivity index (χ2v) is 8.74. The number of piperidine rings is 1. The third-order valence-electron chi connectivity index (χ3n) is 7.05. The third kappa shape index (κ3) is 3.15. The van der Waals surface area contributed by atoms with Gasteiger partial charge in [0, 0.05) is 31.6 Å². The molecule has 4 atom stereocenters. The highest BCUT2D eigenvalue weighted by Gasteiger charge is 2.45. The fourth-order valence-corrected chi connectivity index (χ4v) is 5.52. The van der Waals surface area contributed by atoms with Gasteiger partial charge in [-0.15, -0.1) is 0 Å². The number of amides is 4. The molecule has 4 aliphatic rings. The van der Waals surface area contributed by atoms with Crippen molar-refractivity contribution in [3.8, 4) is 0 Å². The first-order valence-electron chi connectivity index (χ1n) is 10.8. The molecule has 30 heavy (non-hydrogen) atoms. The molecule has 8 heteroatoms. The lowest BCUT2D eigenvalue weighted by Gasteiger charge is -2.29. The van der Waals surface area contributed by atoms with Crippen LogP contribution in [0, 0.1) is 5.92 Å². The largest absolute Gasteiger partial charge is 0.312 e. The van der Waals surface area contributed by atoms with E-state index >= 15 is 0 Å². The summed E-state index contributed by atoms with van der Waals surface area (Å²) in [5, 5.41) is 9.44. The number of imide groups is 2. The molecule has 158 valence electrons. The Morgan fingerprint density at radius 2 is 1.87 bits per heavy atom. The summed E-state index contributed by atoms with van der Waals surface area (Å²) in [6, 6.07) is 5.28. The van der Waals surface area contributed by atoms with Crippen molar-refractivity contribution in [3.05, 3.63) is 34.9 Å². The second-order valence-electron chi connectivity index (χ2n) is 8.74. The van der Waals surface area contributed by atoms with E-state index in [1.807, 2.05) is 6.07 Å². The van der Waals surface area contributed by atoms with E-state index in [0.717, 1.165) is 17.0 Å². The Morgan fingerprint density at radius 1 is 1.03 bits per heavy atom. The van der Waals surface area contributed by atoms with Gasteiger partial charge in [0.05, 0.1) is 11.1 Å². The van der Waals surface area contributed by atoms with Gasteiger partial charge in [-0.25, -0.2) is 0 Å². The minimum atomic E-state index is -0.932. The normalized spacial score (nSPS) is 31.0. The van der Waals surface area contributed by atoms with E-state index in [0.29, 0.717) is 35.7 Å². The molecule has 3 N–H and O–H groups in total. The van der Waals surface area contributed by atoms with Gasteiger partial charge in [-0.3, -0.25) is 29.4 Å². The number of carbonyl (C=O) groups excluding carboxylic acids is 4. The fourth-order valence-electron chi connectivity index (χ4n) is 5.52. The molecule has 0 spiro atoms. The van der Waals surface area contributed by atoms with E-state index in [1.54, 1.807) is 12.1 Å². The van der Waals surface area contributed by atoms with Crippen LogP contribution in [0.2, 0.25) is 0 Å². The molecule has 5 rings (SSSR count). The maximum atomic E-state index is 13.2. The number of nitrogens with zero attached hydrogens (tertiary/aromatic N) is 1. The Hall–Kier alpha value is -2.58. The Labute approximate surface area is 174 Å². The molecule has 0 radical (unpaired) electrons. The van der Waals surface area contributed by atoms with Crippen LogP contribution in [0.15, 0.2) is 18.2 Å². The highest BCUT2D eigenvalue weighted by Crippen LogP contribution is 2.32. The summed E-state index contributed by atoms with van der Waals surface area (Å²) in [6.45, 7) is 1.42. The second kappa shape index (κ2) is 7.59. The highest BCUT2D eigenvalue weighted by molar-refractivity contribution is 6.24. The first-order valence-corrected chi connectivity index (χ1v) is 10.8. The van der Waals surface area contributed by atoms with Gasteiger partial charge in [0.15, 0.2) is 0 Å². The zero-order chi connectivity index (χ0) is 20.8. The number of rotatable bonds is 4. The van der Waals surface area contributed by atoms with Crippen molar-refractivity contribution in [2.45, 2.75) is 63.2 Å². The van der Waals surface area contributed by atoms with Crippen molar-refractivity contribution in [1.82, 2.24) is 20.9 Å². The van der Waals surface area contributed by atoms with E-state index < -0.39 is 23.8 Å². The van der Waals surface area contributed by atoms with Crippen LogP contribution in [-0.4, -0.2) is 53.2 Å². The molecule has 1 aromatic rings. The lowest BCUT2D eigenvalue weighted by molar-refractivity contribution is -0.136. The van der Waals surface area contributed by atoms with Gasteiger partial charge in [0.25, 0.3) is 11.8 Å². The molecule has 2 saturated heterocycles. The quantitative estimate of drug-likeness (QED) is 0.631. The minimum Gasteiger partial charge on any atom is -0.312 e. The summed E-state index contributed by atoms with van der Waals surface area (Å²) >= 11 is 0. The molecule has 3 aliphatic heterocycles. The zero-order valence-corrected chi connectivity index (χ0v) is 16.8. The van der Waals surface area contributed by atoms with E-state index in [-0.39, 0.29) is 18.7 Å². The van der Waals surface area contributed by atoms with Crippen LogP contribution in [0.3, 0.4) is 0 Å². The Balaban J connectivity index is 1.35. The van der Waals surface area contributed by atoms with Crippen LogP contribution in [0.25, 0.3) is 0 Å². The van der Waals surface area contributed by atoms with Gasteiger partial charge in [-0.1, -0.05) is 25.0 Å². The van der Waals surface area contributed by atoms with E-state index in [9.17, 15) is 19.2 Å². The van der Waals surface area contributed by atoms with Crippen molar-refractivity contribution in [2.24, 2.45) is 5.92 Å². The highest BCUT2D eigenvalue weighted by atomic mass is 16.2. The van der Waals surface area contributed by atoms with Crippen LogP contribution >= 0.6 is 0 Å². The molecule has 0 bridgehead atoms. The van der Waals surface area contributed by atoms with Crippen molar-refractivity contribution in [3.63, 3.8) is 0 Å². The third-order valence-corrected chi connectivity index (χ3v) is 7.05. The maximum absolute atomic E-state index is 13.2. The molecular formula is C22H26N4O4. The van der Waals surface area contributed by atoms with Crippen LogP contribution in [0.5, 0.6) is 0 Å². The van der Waals surface area contributed by atoms with Crippen LogP contribution in [0.1, 0.15) is 64.8 Å². The molecule has 1 aromatic carbocycles. The molecule has 3 heterocycles. The van der Waals surface area contributed by atoms with Gasteiger partial charge in [0.1, 0.15) is 6.04 Å². The molecule has 3 fully saturated rings. The van der Waals surface area contributed by atoms with E-state index in [1.165, 1.54) is 25.7 Å². The first kappa shape index (κ1) is 19.4. The van der Waals surface area contributed by atoms with Crippen molar-refractivity contribution in [2.75, 3.05) is 6.54 Å². The molecule has 0 aromatic heterocycles. The summed E-state index contributed by atoms with van der Waals surface area (Å²) in [6.07, 6.45) is 5.26. The zero-order valence-electron chi connectivity index (χ0n) is 16.8. The maximum Gasteiger partial charge on any atom is 0.262 e. The van der Waals surface area contributed by atoms with Crippen LogP contribution in [0.4, 0.5) is 0 Å². The Morgan fingerprint density at radius 3 is 2.70 bits per heavy atom. The molecule has 4 amide bonds. The molecule has 1 aliphatic carbocycles. The number of nitrogens with one attached hydrogen (secondary N) is 3. The first-order chi connectivity index (χ1) is 14.5. The minimum absolute atomic E-state index is 0.120. The van der Waals surface area contributed by atoms with Gasteiger partial charge < -0.3 is 10.6 Å². The SMILES string of the molecule is O=C1CCC(N2C(=O)c3cccc(CNC4CNC5CCCCC54)c3C2=O)C(=O)N1. The topological polar surface area (TPSA) is 108 Å². The summed E-state index contributed by atoms with van der Waals surface area (Å²) in [5.41, 5.74) is 1.50. The van der Waals surface area contributed by atoms with Crippen molar-refractivity contribution < 1.29 is 19.2 Å². The smallest absolute Gasteiger partial charge is 0.262 e. The van der Waals surface area contributed by atoms with E-state index in [2.05, 4.69) is 16.0 Å². The van der Waals surface area contributed by atoms with Gasteiger partial charge in [-0.05, 0) is 36.8 Å². The van der Waals surface area contributed by atoms with E-state index in [4.69, 9.17) is 0 Å². The Bertz CT molecular complexity index is 930. The van der Waals surface area contributed by atoms with Crippen molar-refractivity contribution in [1.29, 1.82) is 0 Å².